The van der Waals surface area contributed by atoms with E-state index < -0.39 is 6.10 Å². The standard InChI is InChI=1S/C48H92O6/c1-6-7-8-9-10-11-12-16-20-23-30-35-40-48(51)54-45(42-53-47(50)39-34-29-25-24-27-32-37-44(4)5)41-52-46(49)38-33-28-22-19-17-14-13-15-18-21-26-31-36-43(2)3/h43-45H,6-42H2,1-5H3/t45-/m1/s1. The van der Waals surface area contributed by atoms with Crippen molar-refractivity contribution in [3.8, 4) is 0 Å². The number of rotatable bonds is 42. The van der Waals surface area contributed by atoms with Gasteiger partial charge in [-0.1, -0.05) is 221 Å². The van der Waals surface area contributed by atoms with Gasteiger partial charge in [0, 0.05) is 19.3 Å². The molecule has 54 heavy (non-hydrogen) atoms. The molecule has 0 spiro atoms. The van der Waals surface area contributed by atoms with Crippen LogP contribution in [0.2, 0.25) is 0 Å². The molecular formula is C48H92O6. The van der Waals surface area contributed by atoms with Crippen LogP contribution in [-0.2, 0) is 28.6 Å². The third kappa shape index (κ3) is 41.6. The van der Waals surface area contributed by atoms with Crippen LogP contribution in [0.1, 0.15) is 259 Å². The van der Waals surface area contributed by atoms with Gasteiger partial charge in [0.1, 0.15) is 13.2 Å². The lowest BCUT2D eigenvalue weighted by Crippen LogP contribution is -2.30. The van der Waals surface area contributed by atoms with E-state index in [4.69, 9.17) is 14.2 Å². The first-order valence-electron chi connectivity index (χ1n) is 23.7. The minimum atomic E-state index is -0.760. The number of hydrogen-bond donors (Lipinski definition) is 0. The quantitative estimate of drug-likeness (QED) is 0.0350. The summed E-state index contributed by atoms with van der Waals surface area (Å²) in [6, 6.07) is 0. The topological polar surface area (TPSA) is 78.9 Å². The molecule has 0 rings (SSSR count). The fraction of sp³-hybridized carbons (Fsp3) is 0.938. The van der Waals surface area contributed by atoms with E-state index in [2.05, 4.69) is 34.6 Å². The monoisotopic (exact) mass is 765 g/mol. The van der Waals surface area contributed by atoms with Crippen LogP contribution < -0.4 is 0 Å². The highest BCUT2D eigenvalue weighted by atomic mass is 16.6. The molecule has 0 aromatic rings. The van der Waals surface area contributed by atoms with Crippen molar-refractivity contribution in [1.82, 2.24) is 0 Å². The summed E-state index contributed by atoms with van der Waals surface area (Å²) in [5.41, 5.74) is 0. The largest absolute Gasteiger partial charge is 0.462 e. The second kappa shape index (κ2) is 41.1. The van der Waals surface area contributed by atoms with Gasteiger partial charge in [-0.15, -0.1) is 0 Å². The summed E-state index contributed by atoms with van der Waals surface area (Å²) >= 11 is 0. The second-order valence-corrected chi connectivity index (χ2v) is 17.3. The Hall–Kier alpha value is -1.59. The Labute approximate surface area is 336 Å². The van der Waals surface area contributed by atoms with E-state index >= 15 is 0 Å². The molecule has 0 aromatic heterocycles. The molecule has 0 aliphatic carbocycles. The van der Waals surface area contributed by atoms with Crippen LogP contribution in [0, 0.1) is 11.8 Å². The Morgan fingerprint density at radius 3 is 0.907 bits per heavy atom. The van der Waals surface area contributed by atoms with Gasteiger partial charge in [0.05, 0.1) is 0 Å². The van der Waals surface area contributed by atoms with Gasteiger partial charge >= 0.3 is 17.9 Å². The number of ether oxygens (including phenoxy) is 3. The van der Waals surface area contributed by atoms with Crippen LogP contribution in [0.5, 0.6) is 0 Å². The minimum Gasteiger partial charge on any atom is -0.462 e. The molecule has 0 saturated carbocycles. The summed E-state index contributed by atoms with van der Waals surface area (Å²) in [7, 11) is 0. The van der Waals surface area contributed by atoms with Crippen molar-refractivity contribution in [2.24, 2.45) is 11.8 Å². The Kier molecular flexibility index (Phi) is 39.8. The first-order valence-corrected chi connectivity index (χ1v) is 23.7. The Morgan fingerprint density at radius 1 is 0.352 bits per heavy atom. The maximum atomic E-state index is 12.7. The fourth-order valence-electron chi connectivity index (χ4n) is 7.11. The van der Waals surface area contributed by atoms with Crippen molar-refractivity contribution in [1.29, 1.82) is 0 Å². The molecule has 6 nitrogen and oxygen atoms in total. The van der Waals surface area contributed by atoms with Crippen molar-refractivity contribution in [2.75, 3.05) is 13.2 Å². The van der Waals surface area contributed by atoms with Crippen LogP contribution in [0.3, 0.4) is 0 Å². The molecular weight excluding hydrogens is 673 g/mol. The van der Waals surface area contributed by atoms with Gasteiger partial charge in [0.15, 0.2) is 6.10 Å². The van der Waals surface area contributed by atoms with Crippen molar-refractivity contribution >= 4 is 17.9 Å². The summed E-state index contributed by atoms with van der Waals surface area (Å²) in [5.74, 6) is 0.738. The smallest absolute Gasteiger partial charge is 0.306 e. The molecule has 0 aliphatic rings. The summed E-state index contributed by atoms with van der Waals surface area (Å²) in [4.78, 5) is 37.7. The zero-order chi connectivity index (χ0) is 39.7. The first kappa shape index (κ1) is 52.4. The third-order valence-corrected chi connectivity index (χ3v) is 10.7. The van der Waals surface area contributed by atoms with Gasteiger partial charge < -0.3 is 14.2 Å². The summed E-state index contributed by atoms with van der Waals surface area (Å²) < 4.78 is 16.7. The number of hydrogen-bond acceptors (Lipinski definition) is 6. The molecule has 0 fully saturated rings. The predicted molar refractivity (Wildman–Crippen MR) is 229 cm³/mol. The van der Waals surface area contributed by atoms with Gasteiger partial charge in [-0.2, -0.15) is 0 Å². The van der Waals surface area contributed by atoms with Crippen molar-refractivity contribution in [3.63, 3.8) is 0 Å². The van der Waals surface area contributed by atoms with Gasteiger partial charge in [0.2, 0.25) is 0 Å². The fourth-order valence-corrected chi connectivity index (χ4v) is 7.11. The summed E-state index contributed by atoms with van der Waals surface area (Å²) in [5, 5.41) is 0. The SMILES string of the molecule is CCCCCCCCCCCCCCC(=O)O[C@H](COC(=O)CCCCCCCCCCCCCCC(C)C)COC(=O)CCCCCCCCC(C)C. The summed E-state index contributed by atoms with van der Waals surface area (Å²) in [6.45, 7) is 11.3. The Morgan fingerprint density at radius 2 is 0.611 bits per heavy atom. The van der Waals surface area contributed by atoms with E-state index in [1.165, 1.54) is 148 Å². The van der Waals surface area contributed by atoms with E-state index in [0.717, 1.165) is 69.6 Å². The lowest BCUT2D eigenvalue weighted by molar-refractivity contribution is -0.167. The first-order chi connectivity index (χ1) is 26.2. The maximum Gasteiger partial charge on any atom is 0.306 e. The zero-order valence-corrected chi connectivity index (χ0v) is 36.8. The van der Waals surface area contributed by atoms with Gasteiger partial charge in [-0.25, -0.2) is 0 Å². The van der Waals surface area contributed by atoms with Crippen molar-refractivity contribution in [2.45, 2.75) is 265 Å². The number of carbonyl (C=O) groups is 3. The lowest BCUT2D eigenvalue weighted by atomic mass is 10.0. The van der Waals surface area contributed by atoms with Crippen LogP contribution in [0.4, 0.5) is 0 Å². The number of carbonyl (C=O) groups excluding carboxylic acids is 3. The van der Waals surface area contributed by atoms with Crippen LogP contribution >= 0.6 is 0 Å². The van der Waals surface area contributed by atoms with E-state index in [1.807, 2.05) is 0 Å². The second-order valence-electron chi connectivity index (χ2n) is 17.3. The molecule has 0 saturated heterocycles. The molecule has 0 radical (unpaired) electrons. The molecule has 0 heterocycles. The van der Waals surface area contributed by atoms with Crippen molar-refractivity contribution in [3.05, 3.63) is 0 Å². The van der Waals surface area contributed by atoms with E-state index in [-0.39, 0.29) is 31.1 Å². The Balaban J connectivity index is 4.29. The van der Waals surface area contributed by atoms with E-state index in [0.29, 0.717) is 19.3 Å². The van der Waals surface area contributed by atoms with Crippen molar-refractivity contribution < 1.29 is 28.6 Å². The molecule has 0 unspecified atom stereocenters. The Bertz CT molecular complexity index is 824. The lowest BCUT2D eigenvalue weighted by Gasteiger charge is -2.18. The van der Waals surface area contributed by atoms with Crippen LogP contribution in [0.15, 0.2) is 0 Å². The van der Waals surface area contributed by atoms with Gasteiger partial charge in [-0.3, -0.25) is 14.4 Å². The number of unbranched alkanes of at least 4 members (excludes halogenated alkanes) is 27. The highest BCUT2D eigenvalue weighted by Crippen LogP contribution is 2.17. The molecule has 1 atom stereocenters. The highest BCUT2D eigenvalue weighted by molar-refractivity contribution is 5.71. The average molecular weight is 765 g/mol. The molecule has 0 N–H and O–H groups in total. The van der Waals surface area contributed by atoms with Crippen LogP contribution in [0.25, 0.3) is 0 Å². The zero-order valence-electron chi connectivity index (χ0n) is 36.8. The molecule has 0 bridgehead atoms. The third-order valence-electron chi connectivity index (χ3n) is 10.7. The summed E-state index contributed by atoms with van der Waals surface area (Å²) in [6.07, 6.45) is 39.5. The maximum absolute atomic E-state index is 12.7. The van der Waals surface area contributed by atoms with Crippen LogP contribution in [-0.4, -0.2) is 37.2 Å². The average Bonchev–Trinajstić information content (AvgIpc) is 3.14. The van der Waals surface area contributed by atoms with E-state index in [1.54, 1.807) is 0 Å². The minimum absolute atomic E-state index is 0.0651. The number of esters is 3. The predicted octanol–water partition coefficient (Wildman–Crippen LogP) is 15.0. The highest BCUT2D eigenvalue weighted by Gasteiger charge is 2.19. The van der Waals surface area contributed by atoms with Gasteiger partial charge in [-0.05, 0) is 31.1 Å². The normalized spacial score (nSPS) is 12.1. The molecule has 0 amide bonds. The van der Waals surface area contributed by atoms with E-state index in [9.17, 15) is 14.4 Å². The molecule has 6 heteroatoms. The molecule has 0 aliphatic heterocycles. The molecule has 0 aromatic carbocycles. The molecule has 320 valence electrons. The van der Waals surface area contributed by atoms with Gasteiger partial charge in [0.25, 0.3) is 0 Å².